The average molecular weight is 380 g/mol. The molecular weight excluding hydrogens is 360 g/mol. The molecule has 134 valence electrons. The summed E-state index contributed by atoms with van der Waals surface area (Å²) in [5, 5.41) is 6.43. The van der Waals surface area contributed by atoms with Gasteiger partial charge in [0.2, 0.25) is 11.8 Å². The maximum absolute atomic E-state index is 12.7. The van der Waals surface area contributed by atoms with Crippen LogP contribution in [0.3, 0.4) is 0 Å². The lowest BCUT2D eigenvalue weighted by Gasteiger charge is -2.08. The van der Waals surface area contributed by atoms with Gasteiger partial charge in [-0.25, -0.2) is 4.98 Å². The molecule has 0 atom stereocenters. The lowest BCUT2D eigenvalue weighted by molar-refractivity contribution is -0.124. The summed E-state index contributed by atoms with van der Waals surface area (Å²) in [5.41, 5.74) is 1.11. The molecule has 2 aromatic heterocycles. The van der Waals surface area contributed by atoms with Crippen molar-refractivity contribution in [2.45, 2.75) is 31.3 Å². The van der Waals surface area contributed by atoms with Crippen LogP contribution in [-0.4, -0.2) is 40.2 Å². The molecule has 1 aliphatic rings. The highest BCUT2D eigenvalue weighted by Crippen LogP contribution is 2.35. The van der Waals surface area contributed by atoms with Gasteiger partial charge in [0.05, 0.1) is 17.7 Å². The van der Waals surface area contributed by atoms with Crippen molar-refractivity contribution >= 4 is 45.1 Å². The van der Waals surface area contributed by atoms with E-state index in [1.54, 1.807) is 18.4 Å². The molecule has 0 aliphatic heterocycles. The van der Waals surface area contributed by atoms with Gasteiger partial charge in [-0.2, -0.15) is 0 Å². The number of rotatable bonds is 6. The number of aromatic nitrogens is 2. The minimum absolute atomic E-state index is 0.0454. The van der Waals surface area contributed by atoms with E-state index in [9.17, 15) is 14.4 Å². The van der Waals surface area contributed by atoms with Gasteiger partial charge in [-0.3, -0.25) is 19.0 Å². The number of nitrogens with one attached hydrogen (secondary N) is 2. The quantitative estimate of drug-likeness (QED) is 0.572. The Morgan fingerprint density at radius 1 is 1.28 bits per heavy atom. The molecule has 1 aliphatic carbocycles. The van der Waals surface area contributed by atoms with Crippen molar-refractivity contribution in [3.63, 3.8) is 0 Å². The average Bonchev–Trinajstić information content (AvgIpc) is 3.15. The Morgan fingerprint density at radius 3 is 2.84 bits per heavy atom. The summed E-state index contributed by atoms with van der Waals surface area (Å²) in [6.45, 7) is 2.30. The van der Waals surface area contributed by atoms with Crippen LogP contribution in [0.5, 0.6) is 0 Å². The summed E-state index contributed by atoms with van der Waals surface area (Å²) < 4.78 is 1.51. The third kappa shape index (κ3) is 3.72. The van der Waals surface area contributed by atoms with Crippen LogP contribution in [0.4, 0.5) is 0 Å². The molecule has 0 bridgehead atoms. The molecule has 0 fully saturated rings. The van der Waals surface area contributed by atoms with Gasteiger partial charge in [0.25, 0.3) is 5.56 Å². The first-order valence-electron chi connectivity index (χ1n) is 8.18. The van der Waals surface area contributed by atoms with Crippen LogP contribution in [0.15, 0.2) is 9.95 Å². The molecule has 0 radical (unpaired) electrons. The second-order valence-corrected chi connectivity index (χ2v) is 7.84. The highest BCUT2D eigenvalue weighted by molar-refractivity contribution is 7.99. The van der Waals surface area contributed by atoms with E-state index >= 15 is 0 Å². The Kier molecular flexibility index (Phi) is 5.43. The number of hydrogen-bond donors (Lipinski definition) is 2. The topological polar surface area (TPSA) is 93.1 Å². The van der Waals surface area contributed by atoms with Crippen LogP contribution < -0.4 is 16.2 Å². The SMILES string of the molecule is CCNC(=O)CNC(=O)CSc1nc2sc3c(c2c(=O)n1C)CCC3. The third-order valence-electron chi connectivity index (χ3n) is 4.06. The van der Waals surface area contributed by atoms with E-state index in [0.717, 1.165) is 35.0 Å². The Bertz CT molecular complexity index is 888. The number of carbonyl (C=O) groups is 2. The molecule has 0 spiro atoms. The standard InChI is InChI=1S/C16H20N4O3S2/c1-3-17-11(21)7-18-12(22)8-24-16-19-14-13(15(23)20(16)2)9-5-4-6-10(9)25-14/h3-8H2,1-2H3,(H,17,21)(H,18,22). The van der Waals surface area contributed by atoms with Gasteiger partial charge in [-0.15, -0.1) is 11.3 Å². The van der Waals surface area contributed by atoms with Crippen molar-refractivity contribution < 1.29 is 9.59 Å². The number of aryl methyl sites for hydroxylation is 2. The first-order valence-corrected chi connectivity index (χ1v) is 9.99. The molecule has 2 amide bonds. The van der Waals surface area contributed by atoms with Crippen molar-refractivity contribution in [1.82, 2.24) is 20.2 Å². The van der Waals surface area contributed by atoms with Crippen LogP contribution in [0, 0.1) is 0 Å². The smallest absolute Gasteiger partial charge is 0.262 e. The zero-order valence-electron chi connectivity index (χ0n) is 14.2. The van der Waals surface area contributed by atoms with E-state index in [1.807, 2.05) is 6.92 Å². The molecule has 3 rings (SSSR count). The number of thiophene rings is 1. The molecule has 9 heteroatoms. The van der Waals surface area contributed by atoms with Gasteiger partial charge in [0.15, 0.2) is 5.16 Å². The molecule has 25 heavy (non-hydrogen) atoms. The van der Waals surface area contributed by atoms with Crippen molar-refractivity contribution in [2.24, 2.45) is 7.05 Å². The number of amides is 2. The molecule has 0 saturated carbocycles. The number of carbonyl (C=O) groups excluding carboxylic acids is 2. The van der Waals surface area contributed by atoms with Crippen molar-refractivity contribution in [3.05, 3.63) is 20.8 Å². The third-order valence-corrected chi connectivity index (χ3v) is 6.27. The Morgan fingerprint density at radius 2 is 2.08 bits per heavy atom. The summed E-state index contributed by atoms with van der Waals surface area (Å²) in [7, 11) is 1.68. The lowest BCUT2D eigenvalue weighted by atomic mass is 10.2. The van der Waals surface area contributed by atoms with Gasteiger partial charge in [-0.1, -0.05) is 11.8 Å². The van der Waals surface area contributed by atoms with E-state index < -0.39 is 0 Å². The fraction of sp³-hybridized carbons (Fsp3) is 0.500. The molecule has 2 aromatic rings. The summed E-state index contributed by atoms with van der Waals surface area (Å²) in [6.07, 6.45) is 3.06. The summed E-state index contributed by atoms with van der Waals surface area (Å²) in [6, 6.07) is 0. The van der Waals surface area contributed by atoms with E-state index in [1.165, 1.54) is 21.2 Å². The molecular formula is C16H20N4O3S2. The maximum atomic E-state index is 12.7. The molecule has 2 N–H and O–H groups in total. The van der Waals surface area contributed by atoms with E-state index in [0.29, 0.717) is 11.7 Å². The minimum atomic E-state index is -0.265. The summed E-state index contributed by atoms with van der Waals surface area (Å²) in [5.74, 6) is -0.379. The van der Waals surface area contributed by atoms with Crippen molar-refractivity contribution in [2.75, 3.05) is 18.8 Å². The first-order chi connectivity index (χ1) is 12.0. The number of thioether (sulfide) groups is 1. The monoisotopic (exact) mass is 380 g/mol. The van der Waals surface area contributed by atoms with Gasteiger partial charge in [0.1, 0.15) is 4.83 Å². The Balaban J connectivity index is 1.70. The number of fused-ring (bicyclic) bond motifs is 3. The van der Waals surface area contributed by atoms with E-state index in [4.69, 9.17) is 0 Å². The predicted octanol–water partition coefficient (Wildman–Crippen LogP) is 0.828. The summed E-state index contributed by atoms with van der Waals surface area (Å²) in [4.78, 5) is 42.5. The number of likely N-dealkylation sites (N-methyl/N-ethyl adjacent to an activating group) is 1. The summed E-state index contributed by atoms with van der Waals surface area (Å²) >= 11 is 2.79. The number of nitrogens with zero attached hydrogens (tertiary/aromatic N) is 2. The van der Waals surface area contributed by atoms with Gasteiger partial charge in [0, 0.05) is 18.5 Å². The normalized spacial score (nSPS) is 13.0. The van der Waals surface area contributed by atoms with Crippen LogP contribution in [0.25, 0.3) is 10.2 Å². The highest BCUT2D eigenvalue weighted by atomic mass is 32.2. The fourth-order valence-electron chi connectivity index (χ4n) is 2.85. The fourth-order valence-corrected chi connectivity index (χ4v) is 4.96. The van der Waals surface area contributed by atoms with E-state index in [2.05, 4.69) is 15.6 Å². The Hall–Kier alpha value is -1.87. The van der Waals surface area contributed by atoms with Crippen molar-refractivity contribution in [3.8, 4) is 0 Å². The second-order valence-electron chi connectivity index (χ2n) is 5.81. The molecule has 0 saturated heterocycles. The lowest BCUT2D eigenvalue weighted by Crippen LogP contribution is -2.37. The van der Waals surface area contributed by atoms with Crippen LogP contribution >= 0.6 is 23.1 Å². The molecule has 7 nitrogen and oxygen atoms in total. The zero-order valence-corrected chi connectivity index (χ0v) is 15.8. The maximum Gasteiger partial charge on any atom is 0.262 e. The van der Waals surface area contributed by atoms with Gasteiger partial charge < -0.3 is 10.6 Å². The molecule has 0 aromatic carbocycles. The largest absolute Gasteiger partial charge is 0.355 e. The van der Waals surface area contributed by atoms with Crippen LogP contribution in [0.2, 0.25) is 0 Å². The highest BCUT2D eigenvalue weighted by Gasteiger charge is 2.22. The second kappa shape index (κ2) is 7.57. The van der Waals surface area contributed by atoms with E-state index in [-0.39, 0.29) is 29.7 Å². The number of hydrogen-bond acceptors (Lipinski definition) is 6. The van der Waals surface area contributed by atoms with Gasteiger partial charge in [-0.05, 0) is 31.7 Å². The molecule has 0 unspecified atom stereocenters. The van der Waals surface area contributed by atoms with Crippen LogP contribution in [-0.2, 0) is 29.5 Å². The minimum Gasteiger partial charge on any atom is -0.355 e. The predicted molar refractivity (Wildman–Crippen MR) is 99.3 cm³/mol. The first kappa shape index (κ1) is 17.9. The molecule has 2 heterocycles. The zero-order chi connectivity index (χ0) is 18.0. The van der Waals surface area contributed by atoms with Crippen molar-refractivity contribution in [1.29, 1.82) is 0 Å². The van der Waals surface area contributed by atoms with Crippen LogP contribution in [0.1, 0.15) is 23.8 Å². The Labute approximate surface area is 153 Å². The van der Waals surface area contributed by atoms with Gasteiger partial charge >= 0.3 is 0 Å².